The second-order valence-electron chi connectivity index (χ2n) is 6.76. The van der Waals surface area contributed by atoms with Crippen LogP contribution in [0.4, 0.5) is 5.69 Å². The number of anilines is 1. The Morgan fingerprint density at radius 1 is 1.13 bits per heavy atom. The van der Waals surface area contributed by atoms with Gasteiger partial charge < -0.3 is 14.8 Å². The fourth-order valence-electron chi connectivity index (χ4n) is 3.33. The lowest BCUT2D eigenvalue weighted by Crippen LogP contribution is -2.70. The molecule has 0 aromatic heterocycles. The molecule has 7 heteroatoms. The lowest BCUT2D eigenvalue weighted by molar-refractivity contribution is -0.144. The van der Waals surface area contributed by atoms with Gasteiger partial charge in [-0.05, 0) is 42.8 Å². The van der Waals surface area contributed by atoms with Crippen molar-refractivity contribution in [3.63, 3.8) is 0 Å². The summed E-state index contributed by atoms with van der Waals surface area (Å²) in [5.41, 5.74) is 0.216. The summed E-state index contributed by atoms with van der Waals surface area (Å²) >= 11 is 0. The van der Waals surface area contributed by atoms with Gasteiger partial charge in [0.15, 0.2) is 5.54 Å². The minimum absolute atomic E-state index is 0.00295. The molecule has 7 nitrogen and oxygen atoms in total. The smallest absolute Gasteiger partial charge is 0.325 e. The van der Waals surface area contributed by atoms with Crippen LogP contribution in [0.1, 0.15) is 18.9 Å². The van der Waals surface area contributed by atoms with Crippen LogP contribution in [-0.4, -0.2) is 43.6 Å². The van der Waals surface area contributed by atoms with Crippen molar-refractivity contribution in [3.05, 3.63) is 66.2 Å². The van der Waals surface area contributed by atoms with E-state index in [0.29, 0.717) is 11.4 Å². The van der Waals surface area contributed by atoms with Crippen LogP contribution in [0.3, 0.4) is 0 Å². The molecule has 1 aliphatic heterocycles. The van der Waals surface area contributed by atoms with Gasteiger partial charge in [0.25, 0.3) is 5.91 Å². The fraction of sp³-hybridized carbons (Fsp3) is 0.261. The summed E-state index contributed by atoms with van der Waals surface area (Å²) in [5, 5.41) is 2.61. The molecule has 0 bridgehead atoms. The van der Waals surface area contributed by atoms with Gasteiger partial charge in [0.05, 0.1) is 20.1 Å². The van der Waals surface area contributed by atoms with E-state index in [1.54, 1.807) is 50.5 Å². The monoisotopic (exact) mass is 408 g/mol. The van der Waals surface area contributed by atoms with Gasteiger partial charge in [0.1, 0.15) is 12.3 Å². The van der Waals surface area contributed by atoms with Crippen molar-refractivity contribution < 1.29 is 23.9 Å². The molecule has 0 unspecified atom stereocenters. The molecular formula is C23H24N2O5. The highest BCUT2D eigenvalue weighted by molar-refractivity contribution is 6.15. The molecule has 1 N–H and O–H groups in total. The van der Waals surface area contributed by atoms with Crippen LogP contribution < -0.4 is 15.0 Å². The summed E-state index contributed by atoms with van der Waals surface area (Å²) in [6.45, 7) is 1.66. The number of carbonyl (C=O) groups is 3. The number of ether oxygens (including phenoxy) is 2. The molecule has 2 aromatic rings. The molecule has 0 radical (unpaired) electrons. The van der Waals surface area contributed by atoms with E-state index in [1.807, 2.05) is 30.3 Å². The summed E-state index contributed by atoms with van der Waals surface area (Å²) in [4.78, 5) is 38.8. The van der Waals surface area contributed by atoms with Gasteiger partial charge in [-0.1, -0.05) is 36.4 Å². The number of carbonyl (C=O) groups excluding carboxylic acids is 3. The zero-order valence-corrected chi connectivity index (χ0v) is 17.0. The van der Waals surface area contributed by atoms with Crippen LogP contribution in [0.5, 0.6) is 5.75 Å². The van der Waals surface area contributed by atoms with E-state index < -0.39 is 17.4 Å². The molecule has 1 heterocycles. The van der Waals surface area contributed by atoms with Crippen molar-refractivity contribution in [3.8, 4) is 5.75 Å². The van der Waals surface area contributed by atoms with Crippen molar-refractivity contribution in [2.24, 2.45) is 0 Å². The van der Waals surface area contributed by atoms with Crippen molar-refractivity contribution >= 4 is 29.5 Å². The molecular weight excluding hydrogens is 384 g/mol. The maximum absolute atomic E-state index is 13.1. The van der Waals surface area contributed by atoms with Gasteiger partial charge in [-0.15, -0.1) is 0 Å². The molecule has 1 atom stereocenters. The predicted molar refractivity (Wildman–Crippen MR) is 113 cm³/mol. The molecule has 2 aromatic carbocycles. The maximum Gasteiger partial charge on any atom is 0.325 e. The fourth-order valence-corrected chi connectivity index (χ4v) is 3.33. The molecule has 0 saturated carbocycles. The number of hydrogen-bond acceptors (Lipinski definition) is 5. The van der Waals surface area contributed by atoms with E-state index in [9.17, 15) is 14.4 Å². The van der Waals surface area contributed by atoms with Gasteiger partial charge in [0.2, 0.25) is 5.91 Å². The van der Waals surface area contributed by atoms with Gasteiger partial charge in [-0.25, -0.2) is 0 Å². The number of esters is 1. The third kappa shape index (κ3) is 4.35. The Kier molecular flexibility index (Phi) is 6.51. The Labute approximate surface area is 175 Å². The van der Waals surface area contributed by atoms with E-state index >= 15 is 0 Å². The molecule has 3 rings (SSSR count). The van der Waals surface area contributed by atoms with Crippen LogP contribution in [-0.2, 0) is 19.1 Å². The Bertz CT molecular complexity index is 940. The Morgan fingerprint density at radius 3 is 2.43 bits per heavy atom. The summed E-state index contributed by atoms with van der Waals surface area (Å²) in [5.74, 6) is -0.527. The minimum atomic E-state index is -1.24. The maximum atomic E-state index is 13.1. The van der Waals surface area contributed by atoms with E-state index in [-0.39, 0.29) is 25.5 Å². The zero-order chi connectivity index (χ0) is 21.6. The van der Waals surface area contributed by atoms with E-state index in [0.717, 1.165) is 5.56 Å². The quantitative estimate of drug-likeness (QED) is 0.536. The molecule has 2 amide bonds. The van der Waals surface area contributed by atoms with Gasteiger partial charge >= 0.3 is 5.97 Å². The summed E-state index contributed by atoms with van der Waals surface area (Å²) < 4.78 is 10.0. The summed E-state index contributed by atoms with van der Waals surface area (Å²) in [6, 6.07) is 16.4. The topological polar surface area (TPSA) is 84.9 Å². The van der Waals surface area contributed by atoms with E-state index in [1.165, 1.54) is 4.90 Å². The average molecular weight is 408 g/mol. The van der Waals surface area contributed by atoms with Crippen LogP contribution in [0.15, 0.2) is 60.7 Å². The normalized spacial score (nSPS) is 18.1. The highest BCUT2D eigenvalue weighted by atomic mass is 16.5. The van der Waals surface area contributed by atoms with Crippen LogP contribution in [0, 0.1) is 0 Å². The highest BCUT2D eigenvalue weighted by Gasteiger charge is 2.55. The second-order valence-corrected chi connectivity index (χ2v) is 6.76. The molecule has 0 aliphatic carbocycles. The number of nitrogens with one attached hydrogen (secondary N) is 1. The standard InChI is InChI=1S/C23H24N2O5/c1-3-30-21(27)16-24-22(28)23(14-13-17-7-5-4-6-8-17)15-20(26)25(23)18-9-11-19(29-2)12-10-18/h4-14H,3,15-16H2,1-2H3,(H,24,28)/t23-/m1/s1. The molecule has 1 aliphatic rings. The van der Waals surface area contributed by atoms with Crippen LogP contribution in [0.2, 0.25) is 0 Å². The Balaban J connectivity index is 1.92. The first-order valence-electron chi connectivity index (χ1n) is 9.65. The van der Waals surface area contributed by atoms with Gasteiger partial charge in [0, 0.05) is 5.69 Å². The van der Waals surface area contributed by atoms with Crippen molar-refractivity contribution in [2.75, 3.05) is 25.2 Å². The predicted octanol–water partition coefficient (Wildman–Crippen LogP) is 2.56. The minimum Gasteiger partial charge on any atom is -0.497 e. The molecule has 156 valence electrons. The van der Waals surface area contributed by atoms with E-state index in [2.05, 4.69) is 5.32 Å². The first-order chi connectivity index (χ1) is 14.5. The molecule has 1 fully saturated rings. The first-order valence-corrected chi connectivity index (χ1v) is 9.65. The average Bonchev–Trinajstić information content (AvgIpc) is 2.76. The summed E-state index contributed by atoms with van der Waals surface area (Å²) in [7, 11) is 1.56. The molecule has 30 heavy (non-hydrogen) atoms. The SMILES string of the molecule is CCOC(=O)CNC(=O)[C@@]1(C=Cc2ccccc2)CC(=O)N1c1ccc(OC)cc1. The molecule has 1 saturated heterocycles. The van der Waals surface area contributed by atoms with Crippen molar-refractivity contribution in [2.45, 2.75) is 18.9 Å². The third-order valence-corrected chi connectivity index (χ3v) is 4.84. The van der Waals surface area contributed by atoms with Gasteiger partial charge in [-0.2, -0.15) is 0 Å². The van der Waals surface area contributed by atoms with Crippen molar-refractivity contribution in [1.29, 1.82) is 0 Å². The number of β-lactam (4-membered cyclic amide) rings is 1. The number of hydrogen-bond donors (Lipinski definition) is 1. The number of rotatable bonds is 8. The highest BCUT2D eigenvalue weighted by Crippen LogP contribution is 2.39. The molecule has 0 spiro atoms. The lowest BCUT2D eigenvalue weighted by Gasteiger charge is -2.48. The lowest BCUT2D eigenvalue weighted by atomic mass is 9.81. The van der Waals surface area contributed by atoms with E-state index in [4.69, 9.17) is 9.47 Å². The van der Waals surface area contributed by atoms with Gasteiger partial charge in [-0.3, -0.25) is 19.3 Å². The second kappa shape index (κ2) is 9.26. The number of benzene rings is 2. The van der Waals surface area contributed by atoms with Crippen LogP contribution in [0.25, 0.3) is 6.08 Å². The van der Waals surface area contributed by atoms with Crippen LogP contribution >= 0.6 is 0 Å². The number of nitrogens with zero attached hydrogens (tertiary/aromatic N) is 1. The zero-order valence-electron chi connectivity index (χ0n) is 17.0. The number of amides is 2. The Morgan fingerprint density at radius 2 is 1.83 bits per heavy atom. The summed E-state index contributed by atoms with van der Waals surface area (Å²) in [6.07, 6.45) is 3.50. The Hall–Kier alpha value is -3.61. The third-order valence-electron chi connectivity index (χ3n) is 4.84. The van der Waals surface area contributed by atoms with Crippen molar-refractivity contribution in [1.82, 2.24) is 5.32 Å². The largest absolute Gasteiger partial charge is 0.497 e. The number of methoxy groups -OCH3 is 1. The first kappa shape index (κ1) is 21.1.